The fourth-order valence-corrected chi connectivity index (χ4v) is 2.62. The molecule has 1 fully saturated rings. The van der Waals surface area contributed by atoms with Crippen LogP contribution in [0, 0.1) is 0 Å². The second kappa shape index (κ2) is 9.45. The van der Waals surface area contributed by atoms with Gasteiger partial charge < -0.3 is 10.2 Å². The van der Waals surface area contributed by atoms with Crippen LogP contribution in [-0.2, 0) is 11.3 Å². The Labute approximate surface area is 146 Å². The van der Waals surface area contributed by atoms with E-state index in [0.29, 0.717) is 6.54 Å². The predicted molar refractivity (Wildman–Crippen MR) is 98.5 cm³/mol. The molecule has 0 aliphatic carbocycles. The highest BCUT2D eigenvalue weighted by Gasteiger charge is 2.39. The van der Waals surface area contributed by atoms with E-state index in [2.05, 4.69) is 29.5 Å². The zero-order valence-corrected chi connectivity index (χ0v) is 15.6. The van der Waals surface area contributed by atoms with Crippen LogP contribution in [0.25, 0.3) is 0 Å². The molecule has 1 aromatic carbocycles. The number of aryl methyl sites for hydroxylation is 1. The lowest BCUT2D eigenvalue weighted by molar-refractivity contribution is 0.0517. The Bertz CT molecular complexity index is 529. The van der Waals surface area contributed by atoms with Crippen LogP contribution in [0.4, 0.5) is 4.79 Å². The van der Waals surface area contributed by atoms with Crippen LogP contribution in [0.2, 0.25) is 0 Å². The third kappa shape index (κ3) is 5.35. The van der Waals surface area contributed by atoms with Crippen molar-refractivity contribution in [3.8, 4) is 0 Å². The average molecular weight is 333 g/mol. The van der Waals surface area contributed by atoms with Crippen LogP contribution in [0.1, 0.15) is 39.7 Å². The lowest BCUT2D eigenvalue weighted by atomic mass is 10.0. The molecule has 2 rings (SSSR count). The van der Waals surface area contributed by atoms with Gasteiger partial charge in [0.2, 0.25) is 0 Å². The van der Waals surface area contributed by atoms with E-state index in [1.807, 2.05) is 45.9 Å². The number of hydrogen-bond donors (Lipinski definition) is 2. The maximum atomic E-state index is 12.1. The molecule has 1 heterocycles. The molecule has 1 saturated heterocycles. The molecule has 0 aromatic heterocycles. The Hall–Kier alpha value is -1.85. The highest BCUT2D eigenvalue weighted by atomic mass is 16.6. The second-order valence-electron chi connectivity index (χ2n) is 6.16. The molecule has 134 valence electrons. The fourth-order valence-electron chi connectivity index (χ4n) is 2.62. The summed E-state index contributed by atoms with van der Waals surface area (Å²) in [6.07, 6.45) is 1.79. The van der Waals surface area contributed by atoms with E-state index >= 15 is 0 Å². The molecule has 1 aromatic rings. The van der Waals surface area contributed by atoms with Gasteiger partial charge in [0.25, 0.3) is 0 Å². The van der Waals surface area contributed by atoms with Crippen LogP contribution in [-0.4, -0.2) is 36.2 Å². The van der Waals surface area contributed by atoms with Crippen molar-refractivity contribution >= 4 is 6.03 Å². The number of benzene rings is 1. The number of carbonyl (C=O) groups is 1. The minimum absolute atomic E-state index is 0.0432. The van der Waals surface area contributed by atoms with Crippen molar-refractivity contribution in [3.05, 3.63) is 48.2 Å². The highest BCUT2D eigenvalue weighted by Crippen LogP contribution is 2.26. The molecule has 0 spiro atoms. The number of nitrogens with zero attached hydrogens (tertiary/aromatic N) is 1. The lowest BCUT2D eigenvalue weighted by Gasteiger charge is -2.26. The van der Waals surface area contributed by atoms with Gasteiger partial charge in [-0.15, -0.1) is 0 Å². The number of hydroxylamine groups is 1. The summed E-state index contributed by atoms with van der Waals surface area (Å²) in [5, 5.41) is 2.93. The number of rotatable bonds is 7. The first-order valence-electron chi connectivity index (χ1n) is 8.55. The molecule has 2 amide bonds. The van der Waals surface area contributed by atoms with Crippen LogP contribution >= 0.6 is 0 Å². The third-order valence-corrected chi connectivity index (χ3v) is 4.02. The van der Waals surface area contributed by atoms with Gasteiger partial charge in [0, 0.05) is 12.2 Å². The molecule has 1 unspecified atom stereocenters. The first kappa shape index (κ1) is 20.2. The summed E-state index contributed by atoms with van der Waals surface area (Å²) in [6, 6.07) is 10.2. The lowest BCUT2D eigenvalue weighted by Crippen LogP contribution is -2.41. The molecule has 5 heteroatoms. The van der Waals surface area contributed by atoms with Crippen LogP contribution in [0.3, 0.4) is 0 Å². The summed E-state index contributed by atoms with van der Waals surface area (Å²) in [4.78, 5) is 18.9. The normalized spacial score (nSPS) is 17.1. The summed E-state index contributed by atoms with van der Waals surface area (Å²) in [5.41, 5.74) is 4.66. The van der Waals surface area contributed by atoms with Crippen molar-refractivity contribution < 1.29 is 9.63 Å². The second-order valence-corrected chi connectivity index (χ2v) is 6.16. The number of urea groups is 1. The van der Waals surface area contributed by atoms with Crippen molar-refractivity contribution in [2.75, 3.05) is 13.7 Å². The zero-order valence-electron chi connectivity index (χ0n) is 15.6. The van der Waals surface area contributed by atoms with Crippen LogP contribution < -0.4 is 10.8 Å². The molecular formula is C19H31N3O2. The number of amides is 2. The first-order chi connectivity index (χ1) is 11.4. The maximum absolute atomic E-state index is 12.1. The van der Waals surface area contributed by atoms with Gasteiger partial charge in [-0.3, -0.25) is 4.90 Å². The predicted octanol–water partition coefficient (Wildman–Crippen LogP) is 3.48. The monoisotopic (exact) mass is 333 g/mol. The number of hydrogen-bond acceptors (Lipinski definition) is 3. The van der Waals surface area contributed by atoms with Gasteiger partial charge >= 0.3 is 6.03 Å². The van der Waals surface area contributed by atoms with Crippen molar-refractivity contribution in [2.24, 2.45) is 0 Å². The molecule has 24 heavy (non-hydrogen) atoms. The number of nitrogens with one attached hydrogen (secondary N) is 2. The zero-order chi connectivity index (χ0) is 18.2. The summed E-state index contributed by atoms with van der Waals surface area (Å²) in [6.45, 7) is 12.5. The maximum Gasteiger partial charge on any atom is 0.322 e. The molecule has 0 radical (unpaired) electrons. The molecular weight excluding hydrogens is 302 g/mol. The third-order valence-electron chi connectivity index (χ3n) is 4.02. The van der Waals surface area contributed by atoms with Gasteiger partial charge in [-0.1, -0.05) is 50.8 Å². The quantitative estimate of drug-likeness (QED) is 0.751. The highest BCUT2D eigenvalue weighted by molar-refractivity contribution is 5.81. The van der Waals surface area contributed by atoms with Crippen molar-refractivity contribution in [1.82, 2.24) is 15.7 Å². The summed E-state index contributed by atoms with van der Waals surface area (Å²) in [7, 11) is 1.60. The van der Waals surface area contributed by atoms with E-state index in [1.54, 1.807) is 12.0 Å². The molecule has 2 N–H and O–H groups in total. The SMILES string of the molecule is C=C1N(CC(CCc2ccccc2)NOC)C(=O)NC1(C)C.CC. The Morgan fingerprint density at radius 2 is 1.92 bits per heavy atom. The standard InChI is InChI=1S/C17H25N3O2.C2H6/c1-13-17(2,3)18-16(21)20(13)12-15(19-22-4)11-10-14-8-6-5-7-9-14;1-2/h5-9,15,19H,1,10-12H2,2-4H3,(H,18,21);1-2H3. The van der Waals surface area contributed by atoms with E-state index in [9.17, 15) is 4.79 Å². The Balaban J connectivity index is 0.00000139. The largest absolute Gasteiger partial charge is 0.327 e. The topological polar surface area (TPSA) is 53.6 Å². The van der Waals surface area contributed by atoms with E-state index in [0.717, 1.165) is 18.5 Å². The Morgan fingerprint density at radius 1 is 1.29 bits per heavy atom. The van der Waals surface area contributed by atoms with Crippen molar-refractivity contribution in [3.63, 3.8) is 0 Å². The Kier molecular flexibility index (Phi) is 7.95. The van der Waals surface area contributed by atoms with Crippen LogP contribution in [0.15, 0.2) is 42.6 Å². The molecule has 0 saturated carbocycles. The fraction of sp³-hybridized carbons (Fsp3) is 0.526. The van der Waals surface area contributed by atoms with E-state index in [4.69, 9.17) is 4.84 Å². The van der Waals surface area contributed by atoms with Gasteiger partial charge in [-0.2, -0.15) is 5.48 Å². The van der Waals surface area contributed by atoms with Crippen LogP contribution in [0.5, 0.6) is 0 Å². The minimum atomic E-state index is -0.395. The molecule has 1 aliphatic heterocycles. The average Bonchev–Trinajstić information content (AvgIpc) is 2.77. The minimum Gasteiger partial charge on any atom is -0.327 e. The Morgan fingerprint density at radius 3 is 2.42 bits per heavy atom. The van der Waals surface area contributed by atoms with Gasteiger partial charge in [0.1, 0.15) is 0 Å². The van der Waals surface area contributed by atoms with Gasteiger partial charge in [-0.05, 0) is 32.3 Å². The summed E-state index contributed by atoms with van der Waals surface area (Å²) < 4.78 is 0. The van der Waals surface area contributed by atoms with E-state index < -0.39 is 5.54 Å². The van der Waals surface area contributed by atoms with Crippen molar-refractivity contribution in [1.29, 1.82) is 0 Å². The molecule has 5 nitrogen and oxygen atoms in total. The van der Waals surface area contributed by atoms with Gasteiger partial charge in [-0.25, -0.2) is 4.79 Å². The summed E-state index contributed by atoms with van der Waals surface area (Å²) in [5.74, 6) is 0. The van der Waals surface area contributed by atoms with Gasteiger partial charge in [0.05, 0.1) is 18.7 Å². The van der Waals surface area contributed by atoms with Crippen molar-refractivity contribution in [2.45, 2.75) is 52.1 Å². The van der Waals surface area contributed by atoms with E-state index in [1.165, 1.54) is 5.56 Å². The first-order valence-corrected chi connectivity index (χ1v) is 8.55. The van der Waals surface area contributed by atoms with E-state index in [-0.39, 0.29) is 12.1 Å². The molecule has 0 bridgehead atoms. The molecule has 1 aliphatic rings. The smallest absolute Gasteiger partial charge is 0.322 e. The molecule has 1 atom stereocenters. The number of carbonyl (C=O) groups excluding carboxylic acids is 1. The van der Waals surface area contributed by atoms with Gasteiger partial charge in [0.15, 0.2) is 0 Å². The summed E-state index contributed by atoms with van der Waals surface area (Å²) >= 11 is 0.